The summed E-state index contributed by atoms with van der Waals surface area (Å²) in [6.07, 6.45) is 2.73. The summed E-state index contributed by atoms with van der Waals surface area (Å²) in [4.78, 5) is 16.8. The molecular formula is C25H33F2N5O4S. The first-order chi connectivity index (χ1) is 17.3. The molecule has 2 aromatic rings. The Balaban J connectivity index is 1.39. The van der Waals surface area contributed by atoms with Crippen LogP contribution in [0.3, 0.4) is 0 Å². The number of halogens is 2. The van der Waals surface area contributed by atoms with Gasteiger partial charge in [-0.05, 0) is 65.3 Å². The highest BCUT2D eigenvalue weighted by atomic mass is 32.2. The van der Waals surface area contributed by atoms with E-state index in [9.17, 15) is 22.0 Å². The number of amides is 1. The summed E-state index contributed by atoms with van der Waals surface area (Å²) in [6.45, 7) is 6.70. The monoisotopic (exact) mass is 537 g/mol. The van der Waals surface area contributed by atoms with Crippen LogP contribution in [0, 0.1) is 11.6 Å². The number of ether oxygens (including phenoxy) is 1. The fraction of sp³-hybridized carbons (Fsp3) is 0.600. The summed E-state index contributed by atoms with van der Waals surface area (Å²) < 4.78 is 61.3. The third-order valence-electron chi connectivity index (χ3n) is 7.21. The van der Waals surface area contributed by atoms with Crippen LogP contribution in [-0.4, -0.2) is 70.0 Å². The van der Waals surface area contributed by atoms with Crippen molar-refractivity contribution in [3.8, 4) is 0 Å². The molecule has 1 saturated carbocycles. The van der Waals surface area contributed by atoms with E-state index in [1.165, 1.54) is 10.2 Å². The Kier molecular flexibility index (Phi) is 6.56. The van der Waals surface area contributed by atoms with Crippen LogP contribution < -0.4 is 5.32 Å². The van der Waals surface area contributed by atoms with E-state index < -0.39 is 45.4 Å². The lowest BCUT2D eigenvalue weighted by atomic mass is 9.87. The number of carbonyl (C=O) groups excluding carboxylic acids is 1. The fourth-order valence-corrected chi connectivity index (χ4v) is 7.12. The molecular weight excluding hydrogens is 504 g/mol. The maximum Gasteiger partial charge on any atom is 0.407 e. The topological polar surface area (TPSA) is 96.8 Å². The van der Waals surface area contributed by atoms with Crippen LogP contribution in [0.25, 0.3) is 0 Å². The molecule has 5 rings (SSSR count). The Morgan fingerprint density at radius 3 is 2.59 bits per heavy atom. The molecule has 2 fully saturated rings. The van der Waals surface area contributed by atoms with Gasteiger partial charge >= 0.3 is 6.09 Å². The number of aromatic nitrogens is 2. The van der Waals surface area contributed by atoms with Gasteiger partial charge in [-0.1, -0.05) is 0 Å². The number of likely N-dealkylation sites (tertiary alicyclic amines) is 1. The number of hydrogen-bond acceptors (Lipinski definition) is 7. The lowest BCUT2D eigenvalue weighted by Crippen LogP contribution is -2.57. The van der Waals surface area contributed by atoms with E-state index >= 15 is 0 Å². The van der Waals surface area contributed by atoms with E-state index in [0.29, 0.717) is 44.6 Å². The predicted octanol–water partition coefficient (Wildman–Crippen LogP) is 3.16. The Hall–Kier alpha value is -2.57. The number of carbonyl (C=O) groups is 1. The van der Waals surface area contributed by atoms with Crippen LogP contribution in [0.1, 0.15) is 62.9 Å². The molecule has 37 heavy (non-hydrogen) atoms. The molecule has 1 N–H and O–H groups in total. The minimum Gasteiger partial charge on any atom is -0.444 e. The van der Waals surface area contributed by atoms with Crippen LogP contribution in [0.2, 0.25) is 0 Å². The molecule has 0 unspecified atom stereocenters. The molecule has 0 spiro atoms. The molecule has 3 heterocycles. The van der Waals surface area contributed by atoms with Crippen molar-refractivity contribution in [1.29, 1.82) is 0 Å². The number of benzene rings is 1. The molecule has 202 valence electrons. The molecule has 3 aliphatic rings. The van der Waals surface area contributed by atoms with Gasteiger partial charge in [0, 0.05) is 36.8 Å². The van der Waals surface area contributed by atoms with Gasteiger partial charge in [0.15, 0.2) is 0 Å². The zero-order valence-corrected chi connectivity index (χ0v) is 22.3. The predicted molar refractivity (Wildman–Crippen MR) is 132 cm³/mol. The van der Waals surface area contributed by atoms with E-state index in [4.69, 9.17) is 4.74 Å². The standard InChI is InChI=1S/C25H33F2N5O4S/c1-25(2,3)36-24(33)29-21-10-17(13-30(4)23(21)19-9-16(26)5-8-20(19)27)31-12-15-11-28-32(22(15)14-31)37(34,35)18-6-7-18/h5,8-9,11,17-18,21,23H,6-7,10,12-14H2,1-4H3,(H,29,33)/t17-,21+,23-/m1/s1. The van der Waals surface area contributed by atoms with Gasteiger partial charge in [0.1, 0.15) is 17.2 Å². The molecule has 9 nitrogen and oxygen atoms in total. The van der Waals surface area contributed by atoms with Crippen molar-refractivity contribution < 1.29 is 26.7 Å². The largest absolute Gasteiger partial charge is 0.444 e. The summed E-state index contributed by atoms with van der Waals surface area (Å²) >= 11 is 0. The molecule has 3 atom stereocenters. The quantitative estimate of drug-likeness (QED) is 0.626. The van der Waals surface area contributed by atoms with Gasteiger partial charge in [-0.25, -0.2) is 22.0 Å². The summed E-state index contributed by atoms with van der Waals surface area (Å²) in [5.41, 5.74) is 0.975. The minimum atomic E-state index is -3.49. The van der Waals surface area contributed by atoms with Crippen molar-refractivity contribution in [1.82, 2.24) is 24.3 Å². The summed E-state index contributed by atoms with van der Waals surface area (Å²) in [6, 6.07) is 2.06. The minimum absolute atomic E-state index is 0.0812. The summed E-state index contributed by atoms with van der Waals surface area (Å²) in [5, 5.41) is 6.70. The van der Waals surface area contributed by atoms with Gasteiger partial charge in [0.05, 0.1) is 29.2 Å². The molecule has 1 aliphatic carbocycles. The first kappa shape index (κ1) is 26.1. The average molecular weight is 538 g/mol. The summed E-state index contributed by atoms with van der Waals surface area (Å²) in [5.74, 6) is -1.11. The molecule has 1 aromatic heterocycles. The highest BCUT2D eigenvalue weighted by Gasteiger charge is 2.44. The second-order valence-electron chi connectivity index (χ2n) is 11.3. The van der Waals surface area contributed by atoms with E-state index in [0.717, 1.165) is 17.7 Å². The highest BCUT2D eigenvalue weighted by molar-refractivity contribution is 7.90. The Morgan fingerprint density at radius 1 is 1.19 bits per heavy atom. The highest BCUT2D eigenvalue weighted by Crippen LogP contribution is 2.38. The average Bonchev–Trinajstić information content (AvgIpc) is 3.45. The number of nitrogens with one attached hydrogen (secondary N) is 1. The number of rotatable bonds is 5. The van der Waals surface area contributed by atoms with E-state index in [2.05, 4.69) is 15.3 Å². The Bertz CT molecular complexity index is 1300. The number of piperidine rings is 1. The lowest BCUT2D eigenvalue weighted by molar-refractivity contribution is 0.0257. The molecule has 2 aliphatic heterocycles. The van der Waals surface area contributed by atoms with Gasteiger partial charge in [0.2, 0.25) is 0 Å². The number of fused-ring (bicyclic) bond motifs is 1. The summed E-state index contributed by atoms with van der Waals surface area (Å²) in [7, 11) is -1.68. The van der Waals surface area contributed by atoms with Crippen molar-refractivity contribution in [3.63, 3.8) is 0 Å². The van der Waals surface area contributed by atoms with Crippen molar-refractivity contribution in [2.24, 2.45) is 0 Å². The van der Waals surface area contributed by atoms with Gasteiger partial charge < -0.3 is 10.1 Å². The lowest BCUT2D eigenvalue weighted by Gasteiger charge is -2.46. The van der Waals surface area contributed by atoms with Crippen molar-refractivity contribution in [2.45, 2.75) is 82.1 Å². The van der Waals surface area contributed by atoms with Crippen molar-refractivity contribution in [3.05, 3.63) is 52.9 Å². The Labute approximate surface area is 215 Å². The maximum absolute atomic E-state index is 14.9. The van der Waals surface area contributed by atoms with Crippen LogP contribution in [0.4, 0.5) is 13.6 Å². The second kappa shape index (κ2) is 9.32. The zero-order chi connectivity index (χ0) is 26.7. The molecule has 1 amide bonds. The van der Waals surface area contributed by atoms with Crippen LogP contribution >= 0.6 is 0 Å². The van der Waals surface area contributed by atoms with Crippen LogP contribution in [0.5, 0.6) is 0 Å². The van der Waals surface area contributed by atoms with Gasteiger partial charge in [-0.3, -0.25) is 9.80 Å². The van der Waals surface area contributed by atoms with E-state index in [-0.39, 0.29) is 16.9 Å². The second-order valence-corrected chi connectivity index (χ2v) is 13.3. The fourth-order valence-electron chi connectivity index (χ4n) is 5.44. The smallest absolute Gasteiger partial charge is 0.407 e. The van der Waals surface area contributed by atoms with Gasteiger partial charge in [0.25, 0.3) is 10.0 Å². The molecule has 1 saturated heterocycles. The molecule has 12 heteroatoms. The van der Waals surface area contributed by atoms with Gasteiger partial charge in [-0.2, -0.15) is 9.19 Å². The van der Waals surface area contributed by atoms with Crippen molar-refractivity contribution in [2.75, 3.05) is 13.6 Å². The number of alkyl carbamates (subject to hydrolysis) is 1. The number of nitrogens with zero attached hydrogens (tertiary/aromatic N) is 4. The third kappa shape index (κ3) is 5.23. The van der Waals surface area contributed by atoms with Crippen LogP contribution in [0.15, 0.2) is 24.4 Å². The number of hydrogen-bond donors (Lipinski definition) is 1. The Morgan fingerprint density at radius 2 is 1.92 bits per heavy atom. The van der Waals surface area contributed by atoms with Crippen LogP contribution in [-0.2, 0) is 27.8 Å². The van der Waals surface area contributed by atoms with E-state index in [1.807, 2.05) is 11.9 Å². The van der Waals surface area contributed by atoms with Gasteiger partial charge in [-0.15, -0.1) is 0 Å². The molecule has 1 aromatic carbocycles. The molecule has 0 radical (unpaired) electrons. The normalized spacial score (nSPS) is 25.2. The first-order valence-corrected chi connectivity index (χ1v) is 14.0. The third-order valence-corrected chi connectivity index (χ3v) is 9.32. The zero-order valence-electron chi connectivity index (χ0n) is 21.4. The maximum atomic E-state index is 14.9. The SMILES string of the molecule is CN1C[C@H](N2Cc3cnn(S(=O)(=O)C4CC4)c3C2)C[C@H](NC(=O)OC(C)(C)C)[C@H]1c1cc(F)ccc1F. The number of likely N-dealkylation sites (N-methyl/N-ethyl adjacent to an activating group) is 1. The first-order valence-electron chi connectivity index (χ1n) is 12.5. The van der Waals surface area contributed by atoms with E-state index in [1.54, 1.807) is 27.0 Å². The van der Waals surface area contributed by atoms with Crippen molar-refractivity contribution >= 4 is 16.1 Å². The molecule has 0 bridgehead atoms.